The van der Waals surface area contributed by atoms with Crippen molar-refractivity contribution < 1.29 is 14.2 Å². The van der Waals surface area contributed by atoms with Gasteiger partial charge in [0.05, 0.1) is 17.6 Å². The highest BCUT2D eigenvalue weighted by Crippen LogP contribution is 2.52. The van der Waals surface area contributed by atoms with Gasteiger partial charge in [-0.15, -0.1) is 11.8 Å². The normalized spacial score (nSPS) is 19.1. The zero-order valence-corrected chi connectivity index (χ0v) is 21.3. The second kappa shape index (κ2) is 10.3. The Balaban J connectivity index is 1.29. The standard InChI is InChI=1S/C26H32N3O3PS/c1-27-12-14-28(15-13-27)11-4-17-32-23-8-10-26-25(20-23)29(16-18-34-26)33(30,31)24-9-7-21-5-2-3-6-22(21)19-24/h2-3,5-10,19-20H,4,11-18H2,1H3,(H,30,31). The van der Waals surface area contributed by atoms with E-state index in [0.29, 0.717) is 18.5 Å². The maximum Gasteiger partial charge on any atom is 0.324 e. The zero-order chi connectivity index (χ0) is 23.5. The van der Waals surface area contributed by atoms with E-state index in [1.807, 2.05) is 54.6 Å². The van der Waals surface area contributed by atoms with Crippen molar-refractivity contribution in [1.82, 2.24) is 9.80 Å². The Morgan fingerprint density at radius 3 is 2.59 bits per heavy atom. The molecular formula is C26H32N3O3PS. The molecule has 2 heterocycles. The summed E-state index contributed by atoms with van der Waals surface area (Å²) in [6.45, 7) is 6.67. The maximum atomic E-state index is 13.8. The summed E-state index contributed by atoms with van der Waals surface area (Å²) in [5, 5.41) is 2.49. The molecule has 2 aliphatic heterocycles. The molecule has 0 amide bonds. The van der Waals surface area contributed by atoms with Gasteiger partial charge in [-0.3, -0.25) is 9.24 Å². The van der Waals surface area contributed by atoms with E-state index in [1.165, 1.54) is 0 Å². The Bertz CT molecular complexity index is 1200. The molecule has 180 valence electrons. The lowest BCUT2D eigenvalue weighted by Crippen LogP contribution is -2.44. The predicted octanol–water partition coefficient (Wildman–Crippen LogP) is 4.28. The van der Waals surface area contributed by atoms with Crippen molar-refractivity contribution in [1.29, 1.82) is 0 Å². The number of thioether (sulfide) groups is 1. The molecule has 8 heteroatoms. The van der Waals surface area contributed by atoms with E-state index < -0.39 is 7.52 Å². The number of nitrogens with zero attached hydrogens (tertiary/aromatic N) is 3. The predicted molar refractivity (Wildman–Crippen MR) is 142 cm³/mol. The van der Waals surface area contributed by atoms with E-state index in [0.717, 1.165) is 72.0 Å². The molecule has 1 atom stereocenters. The number of benzene rings is 3. The molecule has 0 aliphatic carbocycles. The highest BCUT2D eigenvalue weighted by molar-refractivity contribution is 7.99. The van der Waals surface area contributed by atoms with Crippen LogP contribution < -0.4 is 14.7 Å². The summed E-state index contributed by atoms with van der Waals surface area (Å²) in [5.41, 5.74) is 0.784. The van der Waals surface area contributed by atoms with E-state index in [1.54, 1.807) is 22.5 Å². The number of ether oxygens (including phenoxy) is 1. The van der Waals surface area contributed by atoms with E-state index in [4.69, 9.17) is 4.74 Å². The van der Waals surface area contributed by atoms with Gasteiger partial charge in [-0.1, -0.05) is 30.3 Å². The van der Waals surface area contributed by atoms with Crippen LogP contribution in [0.2, 0.25) is 0 Å². The van der Waals surface area contributed by atoms with E-state index in [2.05, 4.69) is 16.8 Å². The summed E-state index contributed by atoms with van der Waals surface area (Å²) in [7, 11) is -1.61. The van der Waals surface area contributed by atoms with Crippen molar-refractivity contribution in [3.05, 3.63) is 60.7 Å². The van der Waals surface area contributed by atoms with E-state index in [9.17, 15) is 9.46 Å². The van der Waals surface area contributed by atoms with E-state index in [-0.39, 0.29) is 0 Å². The van der Waals surface area contributed by atoms with Gasteiger partial charge in [0.15, 0.2) is 0 Å². The Morgan fingerprint density at radius 2 is 1.76 bits per heavy atom. The Kier molecular flexibility index (Phi) is 7.19. The van der Waals surface area contributed by atoms with Gasteiger partial charge in [0, 0.05) is 56.0 Å². The lowest BCUT2D eigenvalue weighted by Gasteiger charge is -2.34. The fourth-order valence-electron chi connectivity index (χ4n) is 4.60. The first-order chi connectivity index (χ1) is 16.5. The van der Waals surface area contributed by atoms with Crippen molar-refractivity contribution >= 4 is 41.0 Å². The van der Waals surface area contributed by atoms with Gasteiger partial charge in [-0.05, 0) is 48.5 Å². The largest absolute Gasteiger partial charge is 0.493 e. The summed E-state index contributed by atoms with van der Waals surface area (Å²) in [6.07, 6.45) is 0.967. The molecule has 5 rings (SSSR count). The smallest absolute Gasteiger partial charge is 0.324 e. The third-order valence-corrected chi connectivity index (χ3v) is 9.71. The van der Waals surface area contributed by atoms with Crippen molar-refractivity contribution in [2.24, 2.45) is 0 Å². The van der Waals surface area contributed by atoms with Crippen molar-refractivity contribution in [2.45, 2.75) is 11.3 Å². The topological polar surface area (TPSA) is 56.2 Å². The quantitative estimate of drug-likeness (QED) is 0.386. The Morgan fingerprint density at radius 1 is 0.971 bits per heavy atom. The van der Waals surface area contributed by atoms with Crippen LogP contribution >= 0.6 is 19.3 Å². The second-order valence-corrected chi connectivity index (χ2v) is 12.2. The van der Waals surface area contributed by atoms with Crippen LogP contribution in [-0.2, 0) is 4.57 Å². The molecule has 1 unspecified atom stereocenters. The van der Waals surface area contributed by atoms with Crippen LogP contribution in [0.15, 0.2) is 65.6 Å². The summed E-state index contributed by atoms with van der Waals surface area (Å²) >= 11 is 1.72. The summed E-state index contributed by atoms with van der Waals surface area (Å²) < 4.78 is 21.5. The number of fused-ring (bicyclic) bond motifs is 2. The van der Waals surface area contributed by atoms with Crippen LogP contribution in [0.4, 0.5) is 5.69 Å². The highest BCUT2D eigenvalue weighted by atomic mass is 32.2. The molecule has 0 aromatic heterocycles. The first-order valence-corrected chi connectivity index (χ1v) is 14.5. The molecule has 0 spiro atoms. The summed E-state index contributed by atoms with van der Waals surface area (Å²) in [6, 6.07) is 19.4. The molecule has 1 fully saturated rings. The SMILES string of the molecule is CN1CCN(CCCOc2ccc3c(c2)N(P(=O)(O)c2ccc4ccccc4c2)CCS3)CC1. The third-order valence-electron chi connectivity index (χ3n) is 6.65. The van der Waals surface area contributed by atoms with E-state index >= 15 is 0 Å². The Hall–Kier alpha value is -2.02. The number of likely N-dealkylation sites (N-methyl/N-ethyl adjacent to an activating group) is 1. The van der Waals surface area contributed by atoms with Crippen molar-refractivity contribution in [2.75, 3.05) is 63.3 Å². The molecule has 0 bridgehead atoms. The first kappa shape index (κ1) is 23.7. The number of hydrogen-bond donors (Lipinski definition) is 1. The van der Waals surface area contributed by atoms with Gasteiger partial charge in [0.25, 0.3) is 0 Å². The molecule has 6 nitrogen and oxygen atoms in total. The minimum atomic E-state index is -3.78. The first-order valence-electron chi connectivity index (χ1n) is 11.9. The van der Waals surface area contributed by atoms with Crippen molar-refractivity contribution in [3.8, 4) is 5.75 Å². The summed E-state index contributed by atoms with van der Waals surface area (Å²) in [4.78, 5) is 17.2. The van der Waals surface area contributed by atoms with Crippen LogP contribution in [0.25, 0.3) is 10.8 Å². The van der Waals surface area contributed by atoms with Gasteiger partial charge in [0.2, 0.25) is 0 Å². The van der Waals surface area contributed by atoms with Crippen LogP contribution in [0.1, 0.15) is 6.42 Å². The second-order valence-electron chi connectivity index (χ2n) is 9.02. The van der Waals surface area contributed by atoms with Gasteiger partial charge in [-0.25, -0.2) is 0 Å². The third kappa shape index (κ3) is 5.14. The molecule has 3 aromatic rings. The molecule has 34 heavy (non-hydrogen) atoms. The number of anilines is 1. The molecule has 1 saturated heterocycles. The van der Waals surface area contributed by atoms with Gasteiger partial charge < -0.3 is 19.4 Å². The molecule has 0 saturated carbocycles. The maximum absolute atomic E-state index is 13.8. The van der Waals surface area contributed by atoms with Gasteiger partial charge in [0.1, 0.15) is 5.75 Å². The minimum absolute atomic E-state index is 0.461. The lowest BCUT2D eigenvalue weighted by molar-refractivity contribution is 0.145. The number of rotatable bonds is 7. The average Bonchev–Trinajstić information content (AvgIpc) is 2.87. The van der Waals surface area contributed by atoms with Crippen LogP contribution in [0.3, 0.4) is 0 Å². The molecule has 0 radical (unpaired) electrons. The van der Waals surface area contributed by atoms with Crippen LogP contribution in [0, 0.1) is 0 Å². The van der Waals surface area contributed by atoms with Crippen LogP contribution in [0.5, 0.6) is 5.75 Å². The molecule has 2 aliphatic rings. The number of hydrogen-bond acceptors (Lipinski definition) is 5. The zero-order valence-electron chi connectivity index (χ0n) is 19.6. The molecule has 1 N–H and O–H groups in total. The highest BCUT2D eigenvalue weighted by Gasteiger charge is 2.34. The number of piperazine rings is 1. The minimum Gasteiger partial charge on any atom is -0.493 e. The summed E-state index contributed by atoms with van der Waals surface area (Å²) in [5.74, 6) is 1.53. The van der Waals surface area contributed by atoms with Gasteiger partial charge >= 0.3 is 7.52 Å². The fourth-order valence-corrected chi connectivity index (χ4v) is 7.46. The van der Waals surface area contributed by atoms with Crippen LogP contribution in [-0.4, -0.2) is 73.4 Å². The lowest BCUT2D eigenvalue weighted by atomic mass is 10.1. The average molecular weight is 498 g/mol. The van der Waals surface area contributed by atoms with Gasteiger partial charge in [-0.2, -0.15) is 0 Å². The fraction of sp³-hybridized carbons (Fsp3) is 0.385. The monoisotopic (exact) mass is 497 g/mol. The Labute approximate surface area is 206 Å². The molecular weight excluding hydrogens is 465 g/mol. The van der Waals surface area contributed by atoms with Crippen molar-refractivity contribution in [3.63, 3.8) is 0 Å². The molecule has 3 aromatic carbocycles.